The van der Waals surface area contributed by atoms with Gasteiger partial charge in [-0.1, -0.05) is 39.5 Å². The Labute approximate surface area is 118 Å². The van der Waals surface area contributed by atoms with Crippen LogP contribution in [0.2, 0.25) is 0 Å². The molecule has 0 aromatic heterocycles. The SMILES string of the molecule is CCCCNC(N)=NCC1(OCCC)CCCCC1. The molecular weight excluding hydrogens is 238 g/mol. The van der Waals surface area contributed by atoms with Crippen LogP contribution in [0.1, 0.15) is 65.2 Å². The highest BCUT2D eigenvalue weighted by Gasteiger charge is 2.32. The van der Waals surface area contributed by atoms with Crippen LogP contribution in [0, 0.1) is 0 Å². The minimum Gasteiger partial charge on any atom is -0.373 e. The van der Waals surface area contributed by atoms with Gasteiger partial charge in [0.2, 0.25) is 0 Å². The molecule has 3 N–H and O–H groups in total. The molecule has 0 heterocycles. The standard InChI is InChI=1S/C15H31N3O/c1-3-5-11-17-14(16)18-13-15(19-12-4-2)9-7-6-8-10-15/h3-13H2,1-2H3,(H3,16,17,18). The van der Waals surface area contributed by atoms with Crippen LogP contribution in [0.4, 0.5) is 0 Å². The molecule has 0 radical (unpaired) electrons. The third-order valence-electron chi connectivity index (χ3n) is 3.75. The van der Waals surface area contributed by atoms with E-state index < -0.39 is 0 Å². The van der Waals surface area contributed by atoms with Crippen molar-refractivity contribution in [2.75, 3.05) is 19.7 Å². The molecule has 1 aliphatic carbocycles. The number of nitrogens with two attached hydrogens (primary N) is 1. The van der Waals surface area contributed by atoms with E-state index in [1.54, 1.807) is 0 Å². The van der Waals surface area contributed by atoms with Crippen molar-refractivity contribution in [2.45, 2.75) is 70.8 Å². The van der Waals surface area contributed by atoms with Crippen molar-refractivity contribution in [1.82, 2.24) is 5.32 Å². The number of unbranched alkanes of at least 4 members (excludes halogenated alkanes) is 1. The third-order valence-corrected chi connectivity index (χ3v) is 3.75. The van der Waals surface area contributed by atoms with Crippen molar-refractivity contribution < 1.29 is 4.74 Å². The van der Waals surface area contributed by atoms with Gasteiger partial charge in [-0.2, -0.15) is 0 Å². The summed E-state index contributed by atoms with van der Waals surface area (Å²) in [4.78, 5) is 4.50. The van der Waals surface area contributed by atoms with Gasteiger partial charge in [-0.3, -0.25) is 4.99 Å². The van der Waals surface area contributed by atoms with Crippen LogP contribution in [0.15, 0.2) is 4.99 Å². The van der Waals surface area contributed by atoms with Crippen LogP contribution in [0.5, 0.6) is 0 Å². The van der Waals surface area contributed by atoms with Gasteiger partial charge in [0.15, 0.2) is 5.96 Å². The zero-order valence-electron chi connectivity index (χ0n) is 12.7. The van der Waals surface area contributed by atoms with Gasteiger partial charge in [-0.25, -0.2) is 0 Å². The van der Waals surface area contributed by atoms with Gasteiger partial charge in [-0.05, 0) is 25.7 Å². The lowest BCUT2D eigenvalue weighted by Crippen LogP contribution is -2.41. The summed E-state index contributed by atoms with van der Waals surface area (Å²) < 4.78 is 6.11. The molecule has 4 heteroatoms. The lowest BCUT2D eigenvalue weighted by molar-refractivity contribution is -0.0624. The second-order valence-electron chi connectivity index (χ2n) is 5.57. The molecule has 0 aromatic carbocycles. The quantitative estimate of drug-likeness (QED) is 0.405. The van der Waals surface area contributed by atoms with E-state index in [-0.39, 0.29) is 5.60 Å². The molecule has 0 aliphatic heterocycles. The third kappa shape index (κ3) is 6.28. The van der Waals surface area contributed by atoms with Gasteiger partial charge >= 0.3 is 0 Å². The zero-order valence-corrected chi connectivity index (χ0v) is 12.7. The normalized spacial score (nSPS) is 19.4. The van der Waals surface area contributed by atoms with Crippen LogP contribution in [-0.4, -0.2) is 31.3 Å². The lowest BCUT2D eigenvalue weighted by atomic mass is 9.84. The lowest BCUT2D eigenvalue weighted by Gasteiger charge is -2.36. The predicted octanol–water partition coefficient (Wildman–Crippen LogP) is 2.82. The average molecular weight is 269 g/mol. The molecule has 19 heavy (non-hydrogen) atoms. The monoisotopic (exact) mass is 269 g/mol. The fourth-order valence-corrected chi connectivity index (χ4v) is 2.54. The first-order valence-corrected chi connectivity index (χ1v) is 7.90. The Morgan fingerprint density at radius 3 is 2.58 bits per heavy atom. The number of aliphatic imine (C=N–C) groups is 1. The van der Waals surface area contributed by atoms with E-state index >= 15 is 0 Å². The minimum absolute atomic E-state index is 0.0503. The number of nitrogens with one attached hydrogen (secondary N) is 1. The molecule has 1 aliphatic rings. The average Bonchev–Trinajstić information content (AvgIpc) is 2.44. The molecule has 4 nitrogen and oxygen atoms in total. The Balaban J connectivity index is 2.44. The fourth-order valence-electron chi connectivity index (χ4n) is 2.54. The maximum Gasteiger partial charge on any atom is 0.188 e. The molecule has 0 atom stereocenters. The summed E-state index contributed by atoms with van der Waals surface area (Å²) in [6.45, 7) is 6.77. The van der Waals surface area contributed by atoms with Crippen molar-refractivity contribution in [1.29, 1.82) is 0 Å². The first kappa shape index (κ1) is 16.3. The van der Waals surface area contributed by atoms with Crippen LogP contribution >= 0.6 is 0 Å². The number of guanidine groups is 1. The summed E-state index contributed by atoms with van der Waals surface area (Å²) in [5, 5.41) is 3.17. The summed E-state index contributed by atoms with van der Waals surface area (Å²) in [6.07, 6.45) is 9.45. The summed E-state index contributed by atoms with van der Waals surface area (Å²) in [7, 11) is 0. The molecule has 0 bridgehead atoms. The Morgan fingerprint density at radius 1 is 1.21 bits per heavy atom. The van der Waals surface area contributed by atoms with Crippen molar-refractivity contribution in [3.63, 3.8) is 0 Å². The molecule has 112 valence electrons. The Kier molecular flexibility index (Phi) is 7.87. The van der Waals surface area contributed by atoms with E-state index in [4.69, 9.17) is 10.5 Å². The summed E-state index contributed by atoms with van der Waals surface area (Å²) in [5.74, 6) is 0.568. The summed E-state index contributed by atoms with van der Waals surface area (Å²) in [6, 6.07) is 0. The van der Waals surface area contributed by atoms with Crippen molar-refractivity contribution in [2.24, 2.45) is 10.7 Å². The van der Waals surface area contributed by atoms with Gasteiger partial charge < -0.3 is 15.8 Å². The van der Waals surface area contributed by atoms with E-state index in [2.05, 4.69) is 24.2 Å². The van der Waals surface area contributed by atoms with Gasteiger partial charge in [0, 0.05) is 13.2 Å². The highest BCUT2D eigenvalue weighted by molar-refractivity contribution is 5.77. The van der Waals surface area contributed by atoms with Crippen LogP contribution in [0.25, 0.3) is 0 Å². The van der Waals surface area contributed by atoms with Crippen molar-refractivity contribution in [3.05, 3.63) is 0 Å². The van der Waals surface area contributed by atoms with E-state index in [0.717, 1.165) is 38.8 Å². The molecule has 0 amide bonds. The number of rotatable bonds is 8. The van der Waals surface area contributed by atoms with Crippen LogP contribution in [0.3, 0.4) is 0 Å². The second-order valence-corrected chi connectivity index (χ2v) is 5.57. The maximum absolute atomic E-state index is 6.11. The van der Waals surface area contributed by atoms with Crippen LogP contribution < -0.4 is 11.1 Å². The van der Waals surface area contributed by atoms with Gasteiger partial charge in [0.05, 0.1) is 12.1 Å². The number of hydrogen-bond acceptors (Lipinski definition) is 2. The Hall–Kier alpha value is -0.770. The second kappa shape index (κ2) is 9.18. The molecule has 0 saturated heterocycles. The number of nitrogens with zero attached hydrogens (tertiary/aromatic N) is 1. The van der Waals surface area contributed by atoms with E-state index in [9.17, 15) is 0 Å². The largest absolute Gasteiger partial charge is 0.373 e. The molecule has 0 spiro atoms. The van der Waals surface area contributed by atoms with Crippen molar-refractivity contribution in [3.8, 4) is 0 Å². The van der Waals surface area contributed by atoms with E-state index in [0.29, 0.717) is 12.5 Å². The molecule has 1 saturated carbocycles. The van der Waals surface area contributed by atoms with E-state index in [1.807, 2.05) is 0 Å². The number of ether oxygens (including phenoxy) is 1. The highest BCUT2D eigenvalue weighted by atomic mass is 16.5. The first-order valence-electron chi connectivity index (χ1n) is 7.90. The highest BCUT2D eigenvalue weighted by Crippen LogP contribution is 2.32. The smallest absolute Gasteiger partial charge is 0.188 e. The molecule has 1 fully saturated rings. The zero-order chi connectivity index (χ0) is 14.0. The van der Waals surface area contributed by atoms with Crippen LogP contribution in [-0.2, 0) is 4.74 Å². The van der Waals surface area contributed by atoms with Gasteiger partial charge in [0.25, 0.3) is 0 Å². The number of hydrogen-bond donors (Lipinski definition) is 2. The minimum atomic E-state index is -0.0503. The first-order chi connectivity index (χ1) is 9.22. The molecule has 1 rings (SSSR count). The topological polar surface area (TPSA) is 59.6 Å². The van der Waals surface area contributed by atoms with Crippen molar-refractivity contribution >= 4 is 5.96 Å². The molecule has 0 aromatic rings. The summed E-state index contributed by atoms with van der Waals surface area (Å²) >= 11 is 0. The maximum atomic E-state index is 6.11. The summed E-state index contributed by atoms with van der Waals surface area (Å²) in [5.41, 5.74) is 5.85. The van der Waals surface area contributed by atoms with E-state index in [1.165, 1.54) is 25.7 Å². The van der Waals surface area contributed by atoms with Gasteiger partial charge in [0.1, 0.15) is 0 Å². The Morgan fingerprint density at radius 2 is 1.95 bits per heavy atom. The van der Waals surface area contributed by atoms with Gasteiger partial charge in [-0.15, -0.1) is 0 Å². The Bertz CT molecular complexity index is 260. The fraction of sp³-hybridized carbons (Fsp3) is 0.933. The predicted molar refractivity (Wildman–Crippen MR) is 81.5 cm³/mol. The molecular formula is C15H31N3O. The molecule has 0 unspecified atom stereocenters.